The van der Waals surface area contributed by atoms with E-state index in [1.54, 1.807) is 19.1 Å². The number of ketones is 1. The number of aliphatic hydroxyl groups is 1. The number of furan rings is 1. The number of aliphatic hydroxyl groups excluding tert-OH is 1. The second-order valence-corrected chi connectivity index (χ2v) is 2.86. The topological polar surface area (TPSA) is 50.4 Å². The van der Waals surface area contributed by atoms with Crippen LogP contribution in [0, 0.1) is 5.92 Å². The van der Waals surface area contributed by atoms with E-state index in [9.17, 15) is 9.90 Å². The van der Waals surface area contributed by atoms with Crippen LogP contribution in [0.25, 0.3) is 0 Å². The predicted molar refractivity (Wildman–Crippen MR) is 43.5 cm³/mol. The second-order valence-electron chi connectivity index (χ2n) is 2.86. The van der Waals surface area contributed by atoms with E-state index in [4.69, 9.17) is 4.42 Å². The summed E-state index contributed by atoms with van der Waals surface area (Å²) in [7, 11) is 0. The summed E-state index contributed by atoms with van der Waals surface area (Å²) in [6.07, 6.45) is 0.656. The molecular weight excluding hydrogens is 156 g/mol. The van der Waals surface area contributed by atoms with Gasteiger partial charge in [-0.05, 0) is 19.1 Å². The van der Waals surface area contributed by atoms with E-state index in [-0.39, 0.29) is 5.78 Å². The summed E-state index contributed by atoms with van der Waals surface area (Å²) < 4.78 is 4.96. The molecule has 0 amide bonds. The Morgan fingerprint density at radius 1 is 1.67 bits per heavy atom. The van der Waals surface area contributed by atoms with Crippen LogP contribution >= 0.6 is 0 Å². The second kappa shape index (κ2) is 3.54. The molecule has 12 heavy (non-hydrogen) atoms. The summed E-state index contributed by atoms with van der Waals surface area (Å²) in [6, 6.07) is 3.34. The number of hydrogen-bond acceptors (Lipinski definition) is 3. The first kappa shape index (κ1) is 9.00. The fourth-order valence-electron chi connectivity index (χ4n) is 0.928. The van der Waals surface area contributed by atoms with E-state index in [1.807, 2.05) is 0 Å². The van der Waals surface area contributed by atoms with Crippen molar-refractivity contribution in [1.29, 1.82) is 0 Å². The molecule has 1 heterocycles. The van der Waals surface area contributed by atoms with Crippen molar-refractivity contribution < 1.29 is 14.3 Å². The Morgan fingerprint density at radius 2 is 2.33 bits per heavy atom. The SMILES string of the molecule is CC(=O)[C@H](C)[C@@H](O)c1ccco1. The van der Waals surface area contributed by atoms with Gasteiger partial charge in [0.05, 0.1) is 6.26 Å². The predicted octanol–water partition coefficient (Wildman–Crippen LogP) is 1.54. The van der Waals surface area contributed by atoms with Crippen molar-refractivity contribution in [3.05, 3.63) is 24.2 Å². The lowest BCUT2D eigenvalue weighted by atomic mass is 9.99. The lowest BCUT2D eigenvalue weighted by Crippen LogP contribution is -2.15. The quantitative estimate of drug-likeness (QED) is 0.744. The van der Waals surface area contributed by atoms with Gasteiger partial charge in [0.15, 0.2) is 0 Å². The number of carbonyl (C=O) groups excluding carboxylic acids is 1. The summed E-state index contributed by atoms with van der Waals surface area (Å²) in [4.78, 5) is 10.9. The van der Waals surface area contributed by atoms with Gasteiger partial charge in [-0.25, -0.2) is 0 Å². The van der Waals surface area contributed by atoms with Gasteiger partial charge in [-0.15, -0.1) is 0 Å². The van der Waals surface area contributed by atoms with Crippen LogP contribution < -0.4 is 0 Å². The van der Waals surface area contributed by atoms with Gasteiger partial charge in [0.2, 0.25) is 0 Å². The van der Waals surface area contributed by atoms with Gasteiger partial charge >= 0.3 is 0 Å². The summed E-state index contributed by atoms with van der Waals surface area (Å²) >= 11 is 0. The Bertz CT molecular complexity index is 251. The minimum Gasteiger partial charge on any atom is -0.467 e. The lowest BCUT2D eigenvalue weighted by Gasteiger charge is -2.12. The molecule has 0 saturated heterocycles. The normalized spacial score (nSPS) is 15.6. The summed E-state index contributed by atoms with van der Waals surface area (Å²) in [5.74, 6) is -0.00671. The molecule has 0 fully saturated rings. The molecule has 66 valence electrons. The zero-order chi connectivity index (χ0) is 9.14. The van der Waals surface area contributed by atoms with Gasteiger partial charge in [-0.3, -0.25) is 4.79 Å². The number of Topliss-reactive ketones (excluding diaryl/α,β-unsaturated/α-hetero) is 1. The number of rotatable bonds is 3. The fourth-order valence-corrected chi connectivity index (χ4v) is 0.928. The highest BCUT2D eigenvalue weighted by Crippen LogP contribution is 2.22. The van der Waals surface area contributed by atoms with E-state index in [1.165, 1.54) is 13.2 Å². The van der Waals surface area contributed by atoms with Crippen LogP contribution in [0.15, 0.2) is 22.8 Å². The average Bonchev–Trinajstić information content (AvgIpc) is 2.53. The molecule has 3 heteroatoms. The van der Waals surface area contributed by atoms with Crippen molar-refractivity contribution in [3.8, 4) is 0 Å². The van der Waals surface area contributed by atoms with Crippen LogP contribution in [-0.2, 0) is 4.79 Å². The summed E-state index contributed by atoms with van der Waals surface area (Å²) in [5.41, 5.74) is 0. The Labute approximate surface area is 71.0 Å². The van der Waals surface area contributed by atoms with Crippen LogP contribution in [0.4, 0.5) is 0 Å². The zero-order valence-corrected chi connectivity index (χ0v) is 7.15. The van der Waals surface area contributed by atoms with E-state index >= 15 is 0 Å². The van der Waals surface area contributed by atoms with Gasteiger partial charge in [0.1, 0.15) is 17.6 Å². The molecule has 3 nitrogen and oxygen atoms in total. The average molecular weight is 168 g/mol. The first-order valence-electron chi connectivity index (χ1n) is 3.85. The van der Waals surface area contributed by atoms with E-state index in [2.05, 4.69) is 0 Å². The molecule has 1 aromatic heterocycles. The summed E-state index contributed by atoms with van der Waals surface area (Å²) in [5, 5.41) is 9.53. The first-order chi connectivity index (χ1) is 5.63. The maximum Gasteiger partial charge on any atom is 0.135 e. The minimum absolute atomic E-state index is 0.0427. The maximum atomic E-state index is 10.9. The molecule has 2 atom stereocenters. The smallest absolute Gasteiger partial charge is 0.135 e. The van der Waals surface area contributed by atoms with E-state index in [0.29, 0.717) is 5.76 Å². The lowest BCUT2D eigenvalue weighted by molar-refractivity contribution is -0.124. The van der Waals surface area contributed by atoms with Gasteiger partial charge in [-0.1, -0.05) is 6.92 Å². The molecule has 0 bridgehead atoms. The van der Waals surface area contributed by atoms with Crippen LogP contribution in [0.2, 0.25) is 0 Å². The Kier molecular flexibility index (Phi) is 2.65. The Hall–Kier alpha value is -1.09. The molecule has 0 spiro atoms. The largest absolute Gasteiger partial charge is 0.467 e. The third-order valence-corrected chi connectivity index (χ3v) is 1.95. The van der Waals surface area contributed by atoms with Gasteiger partial charge in [-0.2, -0.15) is 0 Å². The highest BCUT2D eigenvalue weighted by molar-refractivity contribution is 5.78. The van der Waals surface area contributed by atoms with Crippen molar-refractivity contribution in [2.45, 2.75) is 20.0 Å². The van der Waals surface area contributed by atoms with Crippen LogP contribution in [0.3, 0.4) is 0 Å². The number of carbonyl (C=O) groups is 1. The molecule has 0 unspecified atom stereocenters. The van der Waals surface area contributed by atoms with Crippen LogP contribution in [-0.4, -0.2) is 10.9 Å². The standard InChI is InChI=1S/C9H12O3/c1-6(7(2)10)9(11)8-4-3-5-12-8/h3-6,9,11H,1-2H3/t6-,9+/m0/s1. The monoisotopic (exact) mass is 168 g/mol. The van der Waals surface area contributed by atoms with Crippen molar-refractivity contribution in [2.75, 3.05) is 0 Å². The van der Waals surface area contributed by atoms with Gasteiger partial charge in [0.25, 0.3) is 0 Å². The fraction of sp³-hybridized carbons (Fsp3) is 0.444. The van der Waals surface area contributed by atoms with Crippen molar-refractivity contribution >= 4 is 5.78 Å². The highest BCUT2D eigenvalue weighted by Gasteiger charge is 2.21. The summed E-state index contributed by atoms with van der Waals surface area (Å²) in [6.45, 7) is 3.13. The number of hydrogen-bond donors (Lipinski definition) is 1. The Morgan fingerprint density at radius 3 is 2.75 bits per heavy atom. The molecule has 0 aliphatic rings. The molecule has 0 saturated carbocycles. The van der Waals surface area contributed by atoms with Crippen molar-refractivity contribution in [2.24, 2.45) is 5.92 Å². The zero-order valence-electron chi connectivity index (χ0n) is 7.15. The Balaban J connectivity index is 2.71. The third-order valence-electron chi connectivity index (χ3n) is 1.95. The molecule has 0 aliphatic heterocycles. The van der Waals surface area contributed by atoms with Crippen LogP contribution in [0.5, 0.6) is 0 Å². The molecule has 1 aromatic rings. The molecule has 0 radical (unpaired) electrons. The van der Waals surface area contributed by atoms with Crippen molar-refractivity contribution in [1.82, 2.24) is 0 Å². The van der Waals surface area contributed by atoms with E-state index in [0.717, 1.165) is 0 Å². The van der Waals surface area contributed by atoms with Crippen LogP contribution in [0.1, 0.15) is 25.7 Å². The molecule has 1 N–H and O–H groups in total. The van der Waals surface area contributed by atoms with Gasteiger partial charge < -0.3 is 9.52 Å². The van der Waals surface area contributed by atoms with Gasteiger partial charge in [0, 0.05) is 5.92 Å². The highest BCUT2D eigenvalue weighted by atomic mass is 16.4. The first-order valence-corrected chi connectivity index (χ1v) is 3.85. The van der Waals surface area contributed by atoms with Crippen molar-refractivity contribution in [3.63, 3.8) is 0 Å². The van der Waals surface area contributed by atoms with E-state index < -0.39 is 12.0 Å². The maximum absolute atomic E-state index is 10.9. The molecular formula is C9H12O3. The molecule has 0 aromatic carbocycles. The minimum atomic E-state index is -0.822. The molecule has 1 rings (SSSR count). The molecule has 0 aliphatic carbocycles. The third kappa shape index (κ3) is 1.74.